The summed E-state index contributed by atoms with van der Waals surface area (Å²) in [7, 11) is 0. The molecule has 0 aromatic carbocycles. The minimum absolute atomic E-state index is 0. The topological polar surface area (TPSA) is 40.1 Å². The predicted molar refractivity (Wildman–Crippen MR) is 22.7 cm³/mol. The van der Waals surface area contributed by atoms with Crippen LogP contribution in [0, 0.1) is 0 Å². The molecule has 0 saturated heterocycles. The normalized spacial score (nSPS) is 7.00. The fraction of sp³-hybridized carbons (Fsp3) is 0.750. The Bertz CT molecular complexity index is 53.7. The molecule has 0 fully saturated rings. The standard InChI is InChI=1S/C4H8O2.H2I/c1-2-3-4(5)6;/h2-3H2,1H3,(H,5,6);1H2/q;+1/p-1. The van der Waals surface area contributed by atoms with Crippen LogP contribution in [0.5, 0.6) is 0 Å². The molecule has 0 heterocycles. The third-order valence-corrected chi connectivity index (χ3v) is 0.454. The summed E-state index contributed by atoms with van der Waals surface area (Å²) in [6.07, 6.45) is 0.850. The van der Waals surface area contributed by atoms with E-state index in [0.717, 1.165) is 0 Å². The Hall–Kier alpha value is 0.200. The summed E-state index contributed by atoms with van der Waals surface area (Å²) in [5, 5.41) is 9.49. The molecule has 0 aliphatic rings. The quantitative estimate of drug-likeness (QED) is 0.441. The second-order valence-corrected chi connectivity index (χ2v) is 1.12. The molecule has 0 radical (unpaired) electrons. The van der Waals surface area contributed by atoms with Crippen molar-refractivity contribution in [1.29, 1.82) is 0 Å². The van der Waals surface area contributed by atoms with Crippen LogP contribution in [0.3, 0.4) is 0 Å². The summed E-state index contributed by atoms with van der Waals surface area (Å²) in [6, 6.07) is 0. The smallest absolute Gasteiger partial charge is 0.235 e. The molecule has 0 aliphatic carbocycles. The van der Waals surface area contributed by atoms with Gasteiger partial charge in [0.05, 0.1) is 0 Å². The van der Waals surface area contributed by atoms with Gasteiger partial charge in [0.2, 0.25) is 24.0 Å². The number of aliphatic carboxylic acids is 1. The van der Waals surface area contributed by atoms with Gasteiger partial charge in [-0.2, -0.15) is 0 Å². The van der Waals surface area contributed by atoms with Crippen molar-refractivity contribution in [2.75, 3.05) is 0 Å². The van der Waals surface area contributed by atoms with Gasteiger partial charge in [-0.1, -0.05) is 13.3 Å². The molecular formula is C4H9IO2. The van der Waals surface area contributed by atoms with Crippen LogP contribution in [-0.2, 0) is 4.79 Å². The summed E-state index contributed by atoms with van der Waals surface area (Å²) < 4.78 is 0. The van der Waals surface area contributed by atoms with E-state index in [1.54, 1.807) is 6.92 Å². The maximum atomic E-state index is 9.49. The zero-order chi connectivity index (χ0) is 4.99. The average molecular weight is 216 g/mol. The molecule has 0 N–H and O–H groups in total. The van der Waals surface area contributed by atoms with Gasteiger partial charge in [-0.15, -0.1) is 0 Å². The van der Waals surface area contributed by atoms with Crippen molar-refractivity contribution in [3.63, 3.8) is 0 Å². The number of carboxylic acid groups (broad SMARTS) is 1. The van der Waals surface area contributed by atoms with Gasteiger partial charge in [0.25, 0.3) is 0 Å². The molecule has 0 spiro atoms. The number of hydrogen-bond donors (Lipinski definition) is 0. The molecule has 0 atom stereocenters. The number of rotatable bonds is 2. The molecule has 0 unspecified atom stereocenters. The van der Waals surface area contributed by atoms with Crippen LogP contribution in [0.2, 0.25) is 0 Å². The van der Waals surface area contributed by atoms with E-state index in [-0.39, 0.29) is 30.4 Å². The number of halogens is 1. The summed E-state index contributed by atoms with van der Waals surface area (Å²) >= 11 is 0. The third-order valence-electron chi connectivity index (χ3n) is 0.454. The maximum absolute atomic E-state index is 9.49. The molecule has 0 bridgehead atoms. The molecule has 0 aliphatic heterocycles. The molecule has 0 amide bonds. The van der Waals surface area contributed by atoms with E-state index >= 15 is 0 Å². The number of hydrogen-bond acceptors (Lipinski definition) is 2. The molecule has 0 aromatic rings. The van der Waals surface area contributed by atoms with Gasteiger partial charge in [0.15, 0.2) is 0 Å². The fourth-order valence-electron chi connectivity index (χ4n) is 0.204. The number of carbonyl (C=O) groups is 1. The van der Waals surface area contributed by atoms with E-state index in [4.69, 9.17) is 0 Å². The Labute approximate surface area is 59.9 Å². The van der Waals surface area contributed by atoms with Crippen LogP contribution in [0.25, 0.3) is 0 Å². The maximum Gasteiger partial charge on any atom is 0.235 e. The molecule has 2 nitrogen and oxygen atoms in total. The zero-order valence-electron chi connectivity index (χ0n) is 4.18. The molecule has 44 valence electrons. The second-order valence-electron chi connectivity index (χ2n) is 1.12. The lowest BCUT2D eigenvalue weighted by molar-refractivity contribution is -0.305. The van der Waals surface area contributed by atoms with Crippen LogP contribution in [0.1, 0.15) is 19.8 Å². The highest BCUT2D eigenvalue weighted by Crippen LogP contribution is 1.79. The molecule has 0 rings (SSSR count). The highest BCUT2D eigenvalue weighted by atomic mass is 127. The predicted octanol–water partition coefficient (Wildman–Crippen LogP) is -3.99. The Morgan fingerprint density at radius 1 is 1.71 bits per heavy atom. The van der Waals surface area contributed by atoms with Crippen molar-refractivity contribution >= 4 is 5.97 Å². The largest absolute Gasteiger partial charge is 0.550 e. The Morgan fingerprint density at radius 3 is 2.14 bits per heavy atom. The lowest BCUT2D eigenvalue weighted by Crippen LogP contribution is -3.00. The highest BCUT2D eigenvalue weighted by Gasteiger charge is 1.75. The lowest BCUT2D eigenvalue weighted by atomic mass is 10.4. The molecule has 3 heteroatoms. The van der Waals surface area contributed by atoms with Crippen molar-refractivity contribution in [3.8, 4) is 0 Å². The van der Waals surface area contributed by atoms with Gasteiger partial charge >= 0.3 is 0 Å². The Kier molecular flexibility index (Phi) is 9.07. The first kappa shape index (κ1) is 10.2. The first-order valence-electron chi connectivity index (χ1n) is 1.97. The van der Waals surface area contributed by atoms with Crippen LogP contribution in [-0.4, -0.2) is 5.97 Å². The van der Waals surface area contributed by atoms with Gasteiger partial charge in [-0.05, 0) is 6.42 Å². The summed E-state index contributed by atoms with van der Waals surface area (Å²) in [6.45, 7) is 1.80. The van der Waals surface area contributed by atoms with E-state index in [2.05, 4.69) is 0 Å². The summed E-state index contributed by atoms with van der Waals surface area (Å²) in [5.41, 5.74) is 0. The summed E-state index contributed by atoms with van der Waals surface area (Å²) in [5.74, 6) is -0.961. The van der Waals surface area contributed by atoms with E-state index < -0.39 is 5.97 Å². The van der Waals surface area contributed by atoms with E-state index in [1.807, 2.05) is 0 Å². The van der Waals surface area contributed by atoms with E-state index in [1.165, 1.54) is 0 Å². The average Bonchev–Trinajstić information content (AvgIpc) is 1.35. The monoisotopic (exact) mass is 216 g/mol. The van der Waals surface area contributed by atoms with Crippen LogP contribution in [0.4, 0.5) is 0 Å². The minimum Gasteiger partial charge on any atom is -0.550 e. The van der Waals surface area contributed by atoms with Crippen LogP contribution < -0.4 is 29.1 Å². The molecule has 0 aromatic heterocycles. The van der Waals surface area contributed by atoms with Crippen molar-refractivity contribution in [2.45, 2.75) is 19.8 Å². The number of carboxylic acids is 1. The first-order chi connectivity index (χ1) is 2.77. The van der Waals surface area contributed by atoms with Crippen molar-refractivity contribution in [1.82, 2.24) is 0 Å². The van der Waals surface area contributed by atoms with Gasteiger partial charge in [0, 0.05) is 5.97 Å². The van der Waals surface area contributed by atoms with Gasteiger partial charge in [-0.3, -0.25) is 0 Å². The first-order valence-corrected chi connectivity index (χ1v) is 1.97. The fourth-order valence-corrected chi connectivity index (χ4v) is 0.204. The zero-order valence-corrected chi connectivity index (χ0v) is 6.73. The Balaban J connectivity index is 0. The lowest BCUT2D eigenvalue weighted by Gasteiger charge is -1.92. The van der Waals surface area contributed by atoms with E-state index in [9.17, 15) is 9.90 Å². The van der Waals surface area contributed by atoms with Crippen molar-refractivity contribution < 1.29 is 33.9 Å². The van der Waals surface area contributed by atoms with Gasteiger partial charge in [0.1, 0.15) is 0 Å². The highest BCUT2D eigenvalue weighted by molar-refractivity contribution is 5.63. The van der Waals surface area contributed by atoms with Crippen LogP contribution >= 0.6 is 0 Å². The molecule has 7 heavy (non-hydrogen) atoms. The van der Waals surface area contributed by atoms with Crippen molar-refractivity contribution in [2.24, 2.45) is 0 Å². The van der Waals surface area contributed by atoms with Gasteiger partial charge in [-0.25, -0.2) is 0 Å². The Morgan fingerprint density at radius 2 is 2.14 bits per heavy atom. The van der Waals surface area contributed by atoms with Crippen LogP contribution in [0.15, 0.2) is 0 Å². The minimum atomic E-state index is -0.961. The molecular weight excluding hydrogens is 207 g/mol. The van der Waals surface area contributed by atoms with Crippen molar-refractivity contribution in [3.05, 3.63) is 0 Å². The second kappa shape index (κ2) is 6.20. The summed E-state index contributed by atoms with van der Waals surface area (Å²) in [4.78, 5) is 9.49. The third kappa shape index (κ3) is 10.7. The van der Waals surface area contributed by atoms with E-state index in [0.29, 0.717) is 6.42 Å². The van der Waals surface area contributed by atoms with Gasteiger partial charge < -0.3 is 9.90 Å². The molecule has 0 saturated carbocycles. The number of carbonyl (C=O) groups excluding carboxylic acids is 1. The SMILES string of the molecule is CCCC(=O)[O-].[IH2+].